The third-order valence-corrected chi connectivity index (χ3v) is 4.85. The lowest BCUT2D eigenvalue weighted by atomic mass is 10.0. The monoisotopic (exact) mass is 348 g/mol. The highest BCUT2D eigenvalue weighted by Crippen LogP contribution is 2.25. The summed E-state index contributed by atoms with van der Waals surface area (Å²) in [6.45, 7) is 11.3. The number of likely N-dealkylation sites (N-methyl/N-ethyl adjacent to an activating group) is 1. The Bertz CT molecular complexity index is 569. The molecule has 1 saturated heterocycles. The van der Waals surface area contributed by atoms with Gasteiger partial charge in [-0.3, -0.25) is 4.90 Å². The molecule has 0 radical (unpaired) electrons. The van der Waals surface area contributed by atoms with Gasteiger partial charge in [0.2, 0.25) is 0 Å². The fourth-order valence-electron chi connectivity index (χ4n) is 3.22. The number of piperazine rings is 1. The van der Waals surface area contributed by atoms with Crippen LogP contribution in [0.3, 0.4) is 0 Å². The van der Waals surface area contributed by atoms with Crippen molar-refractivity contribution >= 4 is 11.7 Å². The number of anilines is 1. The van der Waals surface area contributed by atoms with Gasteiger partial charge in [-0.2, -0.15) is 0 Å². The SMILES string of the molecule is COc1ccc(C)cc1NC(=O)NC[C@H](C(C)C)N1CCN(C)CC1. The van der Waals surface area contributed by atoms with E-state index in [1.54, 1.807) is 7.11 Å². The lowest BCUT2D eigenvalue weighted by molar-refractivity contribution is 0.0890. The van der Waals surface area contributed by atoms with Crippen molar-refractivity contribution in [1.29, 1.82) is 0 Å². The molecule has 0 spiro atoms. The van der Waals surface area contributed by atoms with Crippen LogP contribution in [0.2, 0.25) is 0 Å². The molecule has 1 aliphatic rings. The van der Waals surface area contributed by atoms with E-state index < -0.39 is 0 Å². The Morgan fingerprint density at radius 2 is 1.92 bits per heavy atom. The molecule has 0 aliphatic carbocycles. The van der Waals surface area contributed by atoms with E-state index in [4.69, 9.17) is 4.74 Å². The smallest absolute Gasteiger partial charge is 0.319 e. The van der Waals surface area contributed by atoms with Crippen LogP contribution in [0, 0.1) is 12.8 Å². The number of methoxy groups -OCH3 is 1. The molecule has 0 unspecified atom stereocenters. The van der Waals surface area contributed by atoms with Gasteiger partial charge in [0.15, 0.2) is 0 Å². The van der Waals surface area contributed by atoms with Gasteiger partial charge in [0.1, 0.15) is 5.75 Å². The van der Waals surface area contributed by atoms with E-state index >= 15 is 0 Å². The molecule has 6 heteroatoms. The summed E-state index contributed by atoms with van der Waals surface area (Å²) >= 11 is 0. The number of aryl methyl sites for hydroxylation is 1. The molecule has 0 bridgehead atoms. The quantitative estimate of drug-likeness (QED) is 0.829. The van der Waals surface area contributed by atoms with Crippen molar-refractivity contribution in [1.82, 2.24) is 15.1 Å². The van der Waals surface area contributed by atoms with Crippen LogP contribution in [0.25, 0.3) is 0 Å². The zero-order valence-electron chi connectivity index (χ0n) is 16.1. The summed E-state index contributed by atoms with van der Waals surface area (Å²) in [6, 6.07) is 5.90. The molecule has 2 N–H and O–H groups in total. The van der Waals surface area contributed by atoms with Crippen molar-refractivity contribution in [2.24, 2.45) is 5.92 Å². The van der Waals surface area contributed by atoms with Crippen molar-refractivity contribution < 1.29 is 9.53 Å². The second-order valence-corrected chi connectivity index (χ2v) is 7.19. The van der Waals surface area contributed by atoms with Gasteiger partial charge in [0, 0.05) is 38.8 Å². The number of nitrogens with zero attached hydrogens (tertiary/aromatic N) is 2. The van der Waals surface area contributed by atoms with Crippen molar-refractivity contribution in [3.05, 3.63) is 23.8 Å². The van der Waals surface area contributed by atoms with Crippen molar-refractivity contribution in [2.45, 2.75) is 26.8 Å². The molecule has 140 valence electrons. The number of urea groups is 1. The van der Waals surface area contributed by atoms with E-state index in [-0.39, 0.29) is 6.03 Å². The van der Waals surface area contributed by atoms with E-state index in [1.165, 1.54) is 0 Å². The lowest BCUT2D eigenvalue weighted by Gasteiger charge is -2.39. The van der Waals surface area contributed by atoms with Crippen molar-refractivity contribution in [3.8, 4) is 5.75 Å². The van der Waals surface area contributed by atoms with E-state index in [0.717, 1.165) is 31.7 Å². The van der Waals surface area contributed by atoms with Crippen LogP contribution in [0.15, 0.2) is 18.2 Å². The summed E-state index contributed by atoms with van der Waals surface area (Å²) in [6.07, 6.45) is 0. The van der Waals surface area contributed by atoms with Gasteiger partial charge in [0.25, 0.3) is 0 Å². The fourth-order valence-corrected chi connectivity index (χ4v) is 3.22. The highest BCUT2D eigenvalue weighted by molar-refractivity contribution is 5.91. The Hall–Kier alpha value is -1.79. The maximum Gasteiger partial charge on any atom is 0.319 e. The molecule has 2 rings (SSSR count). The van der Waals surface area contributed by atoms with E-state index in [9.17, 15) is 4.79 Å². The minimum absolute atomic E-state index is 0.191. The normalized spacial score (nSPS) is 17.4. The minimum atomic E-state index is -0.191. The largest absolute Gasteiger partial charge is 0.495 e. The van der Waals surface area contributed by atoms with E-state index in [1.807, 2.05) is 25.1 Å². The van der Waals surface area contributed by atoms with Crippen LogP contribution in [0.5, 0.6) is 5.75 Å². The number of ether oxygens (including phenoxy) is 1. The first-order valence-corrected chi connectivity index (χ1v) is 9.02. The Morgan fingerprint density at radius 1 is 1.24 bits per heavy atom. The number of hydrogen-bond donors (Lipinski definition) is 2. The number of nitrogens with one attached hydrogen (secondary N) is 2. The molecule has 1 atom stereocenters. The number of benzene rings is 1. The molecule has 0 saturated carbocycles. The first kappa shape index (κ1) is 19.5. The third-order valence-electron chi connectivity index (χ3n) is 4.85. The first-order valence-electron chi connectivity index (χ1n) is 9.02. The zero-order chi connectivity index (χ0) is 18.4. The summed E-state index contributed by atoms with van der Waals surface area (Å²) in [5.74, 6) is 1.15. The lowest BCUT2D eigenvalue weighted by Crippen LogP contribution is -2.54. The second-order valence-electron chi connectivity index (χ2n) is 7.19. The highest BCUT2D eigenvalue weighted by Gasteiger charge is 2.25. The molecular formula is C19H32N4O2. The molecule has 0 aromatic heterocycles. The average molecular weight is 348 g/mol. The van der Waals surface area contributed by atoms with E-state index in [0.29, 0.717) is 29.9 Å². The summed E-state index contributed by atoms with van der Waals surface area (Å²) in [7, 11) is 3.76. The Morgan fingerprint density at radius 3 is 2.52 bits per heavy atom. The topological polar surface area (TPSA) is 56.8 Å². The first-order chi connectivity index (χ1) is 11.9. The molecule has 1 aromatic rings. The molecule has 6 nitrogen and oxygen atoms in total. The molecule has 1 heterocycles. The van der Waals surface area contributed by atoms with Crippen molar-refractivity contribution in [2.75, 3.05) is 52.2 Å². The van der Waals surface area contributed by atoms with Crippen LogP contribution in [0.1, 0.15) is 19.4 Å². The van der Waals surface area contributed by atoms with Gasteiger partial charge in [0.05, 0.1) is 12.8 Å². The average Bonchev–Trinajstić information content (AvgIpc) is 2.56. The standard InChI is InChI=1S/C19H32N4O2/c1-14(2)17(23-10-8-22(4)9-11-23)13-20-19(24)21-16-12-15(3)6-7-18(16)25-5/h6-7,12,14,17H,8-11,13H2,1-5H3,(H2,20,21,24)/t17-/m1/s1. The molecule has 1 fully saturated rings. The molecule has 2 amide bonds. The fraction of sp³-hybridized carbons (Fsp3) is 0.632. The third kappa shape index (κ3) is 5.61. The van der Waals surface area contributed by atoms with Crippen LogP contribution < -0.4 is 15.4 Å². The Labute approximate surface area is 151 Å². The number of amides is 2. The van der Waals surface area contributed by atoms with Gasteiger partial charge >= 0.3 is 6.03 Å². The van der Waals surface area contributed by atoms with Gasteiger partial charge < -0.3 is 20.3 Å². The maximum atomic E-state index is 12.3. The summed E-state index contributed by atoms with van der Waals surface area (Å²) in [5.41, 5.74) is 1.77. The van der Waals surface area contributed by atoms with Crippen LogP contribution in [-0.4, -0.2) is 68.8 Å². The number of carbonyl (C=O) groups is 1. The van der Waals surface area contributed by atoms with Gasteiger partial charge in [-0.1, -0.05) is 19.9 Å². The Kier molecular flexibility index (Phi) is 7.08. The molecule has 25 heavy (non-hydrogen) atoms. The van der Waals surface area contributed by atoms with Gasteiger partial charge in [-0.25, -0.2) is 4.79 Å². The Balaban J connectivity index is 1.92. The zero-order valence-corrected chi connectivity index (χ0v) is 16.1. The summed E-state index contributed by atoms with van der Waals surface area (Å²) in [4.78, 5) is 17.2. The highest BCUT2D eigenvalue weighted by atomic mass is 16.5. The van der Waals surface area contributed by atoms with Gasteiger partial charge in [-0.05, 0) is 37.6 Å². The number of rotatable bonds is 6. The predicted octanol–water partition coefficient (Wildman–Crippen LogP) is 2.40. The number of hydrogen-bond acceptors (Lipinski definition) is 4. The molecule has 1 aliphatic heterocycles. The summed E-state index contributed by atoms with van der Waals surface area (Å²) < 4.78 is 5.31. The van der Waals surface area contributed by atoms with Gasteiger partial charge in [-0.15, -0.1) is 0 Å². The predicted molar refractivity (Wildman–Crippen MR) is 102 cm³/mol. The summed E-state index contributed by atoms with van der Waals surface area (Å²) in [5, 5.41) is 5.94. The van der Waals surface area contributed by atoms with Crippen LogP contribution in [0.4, 0.5) is 10.5 Å². The minimum Gasteiger partial charge on any atom is -0.495 e. The van der Waals surface area contributed by atoms with E-state index in [2.05, 4.69) is 41.3 Å². The molecule has 1 aromatic carbocycles. The van der Waals surface area contributed by atoms with Crippen LogP contribution in [-0.2, 0) is 0 Å². The number of carbonyl (C=O) groups excluding carboxylic acids is 1. The second kappa shape index (κ2) is 9.06. The van der Waals surface area contributed by atoms with Crippen LogP contribution >= 0.6 is 0 Å². The maximum absolute atomic E-state index is 12.3. The molecular weight excluding hydrogens is 316 g/mol. The van der Waals surface area contributed by atoms with Crippen molar-refractivity contribution in [3.63, 3.8) is 0 Å².